The van der Waals surface area contributed by atoms with E-state index in [4.69, 9.17) is 0 Å². The Labute approximate surface area is 105 Å². The number of amides is 1. The molecule has 0 unspecified atom stereocenters. The van der Waals surface area contributed by atoms with Crippen molar-refractivity contribution in [1.29, 1.82) is 0 Å². The third-order valence-electron chi connectivity index (χ3n) is 2.56. The van der Waals surface area contributed by atoms with Crippen molar-refractivity contribution in [2.75, 3.05) is 25.0 Å². The summed E-state index contributed by atoms with van der Waals surface area (Å²) >= 11 is 0. The highest BCUT2D eigenvalue weighted by atomic mass is 16.2. The minimum absolute atomic E-state index is 0.234. The molecule has 0 spiro atoms. The molecule has 0 fully saturated rings. The second-order valence-electron chi connectivity index (χ2n) is 3.85. The molecule has 2 N–H and O–H groups in total. The van der Waals surface area contributed by atoms with Gasteiger partial charge in [-0.3, -0.25) is 9.89 Å². The number of nitrogens with one attached hydrogen (secondary N) is 2. The van der Waals surface area contributed by atoms with Crippen molar-refractivity contribution in [3.05, 3.63) is 42.5 Å². The third kappa shape index (κ3) is 3.07. The van der Waals surface area contributed by atoms with Crippen molar-refractivity contribution in [2.45, 2.75) is 0 Å². The Morgan fingerprint density at radius 3 is 2.83 bits per heavy atom. The summed E-state index contributed by atoms with van der Waals surface area (Å²) in [5.41, 5.74) is 1.12. The zero-order chi connectivity index (χ0) is 12.8. The fourth-order valence-electron chi connectivity index (χ4n) is 1.55. The van der Waals surface area contributed by atoms with E-state index in [0.29, 0.717) is 6.54 Å². The van der Waals surface area contributed by atoms with E-state index in [0.717, 1.165) is 12.2 Å². The van der Waals surface area contributed by atoms with Crippen LogP contribution >= 0.6 is 0 Å². The van der Waals surface area contributed by atoms with E-state index in [1.807, 2.05) is 37.4 Å². The molecule has 2 rings (SSSR count). The molecule has 0 saturated carbocycles. The van der Waals surface area contributed by atoms with Crippen molar-refractivity contribution in [3.8, 4) is 0 Å². The number of hydrogen-bond acceptors (Lipinski definition) is 4. The Morgan fingerprint density at radius 1 is 1.39 bits per heavy atom. The third-order valence-corrected chi connectivity index (χ3v) is 2.56. The van der Waals surface area contributed by atoms with Crippen LogP contribution in [0.2, 0.25) is 0 Å². The molecule has 0 saturated heterocycles. The van der Waals surface area contributed by atoms with Gasteiger partial charge in [0.15, 0.2) is 0 Å². The van der Waals surface area contributed by atoms with Crippen LogP contribution in [0.15, 0.2) is 36.7 Å². The number of para-hydroxylation sites is 1. The normalized spacial score (nSPS) is 10.1. The molecule has 2 aromatic rings. The minimum atomic E-state index is -0.242. The molecule has 0 bridgehead atoms. The molecule has 0 atom stereocenters. The van der Waals surface area contributed by atoms with Crippen LogP contribution in [0, 0.1) is 0 Å². The monoisotopic (exact) mass is 245 g/mol. The molecular weight excluding hydrogens is 230 g/mol. The fourth-order valence-corrected chi connectivity index (χ4v) is 1.55. The summed E-state index contributed by atoms with van der Waals surface area (Å²) in [6.07, 6.45) is 1.31. The molecular formula is C12H15N5O. The van der Waals surface area contributed by atoms with Crippen LogP contribution in [-0.2, 0) is 0 Å². The topological polar surface area (TPSA) is 73.9 Å². The quantitative estimate of drug-likeness (QED) is 0.812. The van der Waals surface area contributed by atoms with Gasteiger partial charge in [0.25, 0.3) is 5.91 Å². The largest absolute Gasteiger partial charge is 0.373 e. The lowest BCUT2D eigenvalue weighted by Crippen LogP contribution is -2.33. The molecule has 1 heterocycles. The number of aromatic nitrogens is 3. The number of anilines is 1. The number of carbonyl (C=O) groups is 1. The van der Waals surface area contributed by atoms with Crippen LogP contribution in [0.3, 0.4) is 0 Å². The highest BCUT2D eigenvalue weighted by molar-refractivity contribution is 5.90. The number of hydrogen-bond donors (Lipinski definition) is 2. The Morgan fingerprint density at radius 2 is 2.17 bits per heavy atom. The zero-order valence-corrected chi connectivity index (χ0v) is 10.1. The fraction of sp³-hybridized carbons (Fsp3) is 0.250. The molecule has 0 aliphatic heterocycles. The van der Waals surface area contributed by atoms with E-state index in [2.05, 4.69) is 25.4 Å². The maximum atomic E-state index is 11.6. The number of carbonyl (C=O) groups excluding carboxylic acids is 1. The van der Waals surface area contributed by atoms with Crippen LogP contribution < -0.4 is 10.2 Å². The van der Waals surface area contributed by atoms with Crippen molar-refractivity contribution in [3.63, 3.8) is 0 Å². The van der Waals surface area contributed by atoms with E-state index in [1.165, 1.54) is 6.33 Å². The summed E-state index contributed by atoms with van der Waals surface area (Å²) in [4.78, 5) is 17.4. The molecule has 18 heavy (non-hydrogen) atoms. The molecule has 6 heteroatoms. The van der Waals surface area contributed by atoms with Crippen molar-refractivity contribution in [2.24, 2.45) is 0 Å². The number of rotatable bonds is 5. The van der Waals surface area contributed by atoms with Gasteiger partial charge < -0.3 is 10.2 Å². The van der Waals surface area contributed by atoms with Gasteiger partial charge in [0, 0.05) is 25.8 Å². The van der Waals surface area contributed by atoms with Crippen molar-refractivity contribution >= 4 is 11.6 Å². The van der Waals surface area contributed by atoms with Crippen molar-refractivity contribution < 1.29 is 4.79 Å². The Bertz CT molecular complexity index is 482. The number of nitrogens with zero attached hydrogens (tertiary/aromatic N) is 3. The Kier molecular flexibility index (Phi) is 3.90. The number of H-pyrrole nitrogens is 1. The highest BCUT2D eigenvalue weighted by Gasteiger charge is 2.07. The molecule has 0 radical (unpaired) electrons. The minimum Gasteiger partial charge on any atom is -0.373 e. The molecule has 1 aromatic heterocycles. The standard InChI is InChI=1S/C12H15N5O/c1-17(10-5-3-2-4-6-10)8-7-13-12(18)11-14-9-15-16-11/h2-6,9H,7-8H2,1H3,(H,13,18)(H,14,15,16). The van der Waals surface area contributed by atoms with Crippen LogP contribution in [0.1, 0.15) is 10.6 Å². The predicted octanol–water partition coefficient (Wildman–Crippen LogP) is 0.671. The summed E-state index contributed by atoms with van der Waals surface area (Å²) in [5.74, 6) is -0.00803. The lowest BCUT2D eigenvalue weighted by molar-refractivity contribution is 0.0945. The molecule has 6 nitrogen and oxygen atoms in total. The Hall–Kier alpha value is -2.37. The molecule has 0 aliphatic carbocycles. The summed E-state index contributed by atoms with van der Waals surface area (Å²) < 4.78 is 0. The Balaban J connectivity index is 1.77. The van der Waals surface area contributed by atoms with Crippen LogP contribution in [0.4, 0.5) is 5.69 Å². The zero-order valence-electron chi connectivity index (χ0n) is 10.1. The average molecular weight is 245 g/mol. The first-order valence-corrected chi connectivity index (χ1v) is 5.67. The lowest BCUT2D eigenvalue weighted by atomic mass is 10.3. The van der Waals surface area contributed by atoms with Crippen LogP contribution in [0.5, 0.6) is 0 Å². The summed E-state index contributed by atoms with van der Waals surface area (Å²) in [6.45, 7) is 1.27. The first kappa shape index (κ1) is 12.1. The first-order valence-electron chi connectivity index (χ1n) is 5.67. The van der Waals surface area contributed by atoms with Gasteiger partial charge in [0.1, 0.15) is 6.33 Å². The second-order valence-corrected chi connectivity index (χ2v) is 3.85. The number of benzene rings is 1. The van der Waals surface area contributed by atoms with E-state index >= 15 is 0 Å². The maximum Gasteiger partial charge on any atom is 0.288 e. The van der Waals surface area contributed by atoms with Gasteiger partial charge in [-0.15, -0.1) is 0 Å². The maximum absolute atomic E-state index is 11.6. The smallest absolute Gasteiger partial charge is 0.288 e. The van der Waals surface area contributed by atoms with Crippen LogP contribution in [0.25, 0.3) is 0 Å². The summed E-state index contributed by atoms with van der Waals surface area (Å²) in [7, 11) is 1.98. The molecule has 94 valence electrons. The summed E-state index contributed by atoms with van der Waals surface area (Å²) in [6, 6.07) is 10.00. The van der Waals surface area contributed by atoms with E-state index in [9.17, 15) is 4.79 Å². The van der Waals surface area contributed by atoms with Gasteiger partial charge in [-0.1, -0.05) is 18.2 Å². The first-order chi connectivity index (χ1) is 8.77. The van der Waals surface area contributed by atoms with Gasteiger partial charge >= 0.3 is 0 Å². The van der Waals surface area contributed by atoms with E-state index in [-0.39, 0.29) is 11.7 Å². The average Bonchev–Trinajstić information content (AvgIpc) is 2.93. The summed E-state index contributed by atoms with van der Waals surface area (Å²) in [5, 5.41) is 8.92. The SMILES string of the molecule is CN(CCNC(=O)c1ncn[nH]1)c1ccccc1. The lowest BCUT2D eigenvalue weighted by Gasteiger charge is -2.19. The van der Waals surface area contributed by atoms with Gasteiger partial charge in [0.2, 0.25) is 5.82 Å². The predicted molar refractivity (Wildman–Crippen MR) is 68.4 cm³/mol. The second kappa shape index (κ2) is 5.81. The highest BCUT2D eigenvalue weighted by Crippen LogP contribution is 2.09. The van der Waals surface area contributed by atoms with Gasteiger partial charge in [-0.05, 0) is 12.1 Å². The molecule has 1 aromatic carbocycles. The van der Waals surface area contributed by atoms with E-state index in [1.54, 1.807) is 0 Å². The van der Waals surface area contributed by atoms with Gasteiger partial charge in [-0.25, -0.2) is 4.98 Å². The van der Waals surface area contributed by atoms with Crippen molar-refractivity contribution in [1.82, 2.24) is 20.5 Å². The van der Waals surface area contributed by atoms with E-state index < -0.39 is 0 Å². The molecule has 0 aliphatic rings. The molecule has 1 amide bonds. The van der Waals surface area contributed by atoms with Gasteiger partial charge in [-0.2, -0.15) is 5.10 Å². The van der Waals surface area contributed by atoms with Crippen LogP contribution in [-0.4, -0.2) is 41.2 Å². The number of aromatic amines is 1. The van der Waals surface area contributed by atoms with Gasteiger partial charge in [0.05, 0.1) is 0 Å². The number of likely N-dealkylation sites (N-methyl/N-ethyl adjacent to an activating group) is 1.